The molecular formula is C16H25N5O3. The lowest BCUT2D eigenvalue weighted by Gasteiger charge is -2.40. The van der Waals surface area contributed by atoms with Gasteiger partial charge in [0.25, 0.3) is 5.91 Å². The lowest BCUT2D eigenvalue weighted by atomic mass is 10.1. The van der Waals surface area contributed by atoms with Crippen molar-refractivity contribution in [2.45, 2.75) is 18.3 Å². The van der Waals surface area contributed by atoms with E-state index in [1.807, 2.05) is 4.90 Å². The standard InChI is InChI=1S/C16H25N5O3/c1-5-7-20(8-6-2)9-12(22)10-21-11-17-14-13(21)15(23)19(4)16(24)18(14)3/h5-6,11-14,22H,1-2,7-10H2,3-4H3/t12-,13+,14+/m0/s1. The van der Waals surface area contributed by atoms with Crippen LogP contribution in [0, 0.1) is 0 Å². The predicted molar refractivity (Wildman–Crippen MR) is 91.5 cm³/mol. The van der Waals surface area contributed by atoms with Gasteiger partial charge in [0.2, 0.25) is 0 Å². The monoisotopic (exact) mass is 335 g/mol. The van der Waals surface area contributed by atoms with Gasteiger partial charge in [0.15, 0.2) is 12.2 Å². The van der Waals surface area contributed by atoms with E-state index in [9.17, 15) is 14.7 Å². The van der Waals surface area contributed by atoms with E-state index < -0.39 is 18.3 Å². The number of hydrogen-bond donors (Lipinski definition) is 1. The first-order valence-electron chi connectivity index (χ1n) is 7.86. The molecule has 8 nitrogen and oxygen atoms in total. The molecule has 132 valence electrons. The normalized spacial score (nSPS) is 24.6. The maximum Gasteiger partial charge on any atom is 0.328 e. The Hall–Kier alpha value is -2.19. The third kappa shape index (κ3) is 3.49. The summed E-state index contributed by atoms with van der Waals surface area (Å²) in [6, 6.07) is -0.955. The highest BCUT2D eigenvalue weighted by Gasteiger charge is 2.48. The van der Waals surface area contributed by atoms with Gasteiger partial charge in [0, 0.05) is 40.3 Å². The molecular weight excluding hydrogens is 310 g/mol. The highest BCUT2D eigenvalue weighted by Crippen LogP contribution is 2.24. The maximum absolute atomic E-state index is 12.4. The molecule has 1 N–H and O–H groups in total. The van der Waals surface area contributed by atoms with Crippen LogP contribution in [0.5, 0.6) is 0 Å². The zero-order valence-corrected chi connectivity index (χ0v) is 14.2. The lowest BCUT2D eigenvalue weighted by molar-refractivity contribution is -0.136. The van der Waals surface area contributed by atoms with Crippen molar-refractivity contribution in [3.8, 4) is 0 Å². The van der Waals surface area contributed by atoms with Crippen LogP contribution < -0.4 is 0 Å². The van der Waals surface area contributed by atoms with Gasteiger partial charge in [-0.3, -0.25) is 14.6 Å². The third-order valence-electron chi connectivity index (χ3n) is 4.24. The molecule has 0 aromatic heterocycles. The number of rotatable bonds is 8. The van der Waals surface area contributed by atoms with E-state index in [2.05, 4.69) is 18.2 Å². The van der Waals surface area contributed by atoms with Crippen LogP contribution in [0.3, 0.4) is 0 Å². The fraction of sp³-hybridized carbons (Fsp3) is 0.562. The molecule has 3 atom stereocenters. The van der Waals surface area contributed by atoms with Crippen LogP contribution in [-0.2, 0) is 4.79 Å². The minimum Gasteiger partial charge on any atom is -0.390 e. The quantitative estimate of drug-likeness (QED) is 0.610. The Morgan fingerprint density at radius 3 is 2.54 bits per heavy atom. The van der Waals surface area contributed by atoms with Crippen LogP contribution in [0.25, 0.3) is 0 Å². The molecule has 0 spiro atoms. The van der Waals surface area contributed by atoms with Gasteiger partial charge in [-0.2, -0.15) is 0 Å². The van der Waals surface area contributed by atoms with Crippen molar-refractivity contribution in [1.29, 1.82) is 0 Å². The molecule has 2 rings (SSSR count). The predicted octanol–water partition coefficient (Wildman–Crippen LogP) is -0.416. The summed E-state index contributed by atoms with van der Waals surface area (Å²) in [7, 11) is 3.08. The smallest absolute Gasteiger partial charge is 0.328 e. The van der Waals surface area contributed by atoms with Crippen molar-refractivity contribution in [1.82, 2.24) is 19.6 Å². The van der Waals surface area contributed by atoms with E-state index in [0.717, 1.165) is 4.90 Å². The van der Waals surface area contributed by atoms with E-state index >= 15 is 0 Å². The number of imide groups is 1. The van der Waals surface area contributed by atoms with Crippen molar-refractivity contribution in [3.63, 3.8) is 0 Å². The number of fused-ring (bicyclic) bond motifs is 1. The second-order valence-corrected chi connectivity index (χ2v) is 6.06. The highest BCUT2D eigenvalue weighted by molar-refractivity contribution is 6.01. The largest absolute Gasteiger partial charge is 0.390 e. The number of carbonyl (C=O) groups excluding carboxylic acids is 2. The highest BCUT2D eigenvalue weighted by atomic mass is 16.3. The minimum atomic E-state index is -0.670. The summed E-state index contributed by atoms with van der Waals surface area (Å²) >= 11 is 0. The first-order valence-corrected chi connectivity index (χ1v) is 7.86. The molecule has 0 bridgehead atoms. The number of likely N-dealkylation sites (N-methyl/N-ethyl adjacent to an activating group) is 2. The second-order valence-electron chi connectivity index (χ2n) is 6.06. The Kier molecular flexibility index (Phi) is 5.74. The minimum absolute atomic E-state index is 0.261. The van der Waals surface area contributed by atoms with Gasteiger partial charge in [-0.25, -0.2) is 9.79 Å². The number of urea groups is 1. The molecule has 0 radical (unpaired) electrons. The fourth-order valence-electron chi connectivity index (χ4n) is 3.05. The number of hydrogen-bond acceptors (Lipinski definition) is 6. The van der Waals surface area contributed by atoms with Crippen LogP contribution in [0.4, 0.5) is 4.79 Å². The average Bonchev–Trinajstić information content (AvgIpc) is 2.95. The van der Waals surface area contributed by atoms with Crippen molar-refractivity contribution >= 4 is 18.3 Å². The molecule has 0 saturated carbocycles. The van der Waals surface area contributed by atoms with Gasteiger partial charge in [0.1, 0.15) is 0 Å². The van der Waals surface area contributed by atoms with Crippen LogP contribution in [0.15, 0.2) is 30.3 Å². The molecule has 0 unspecified atom stereocenters. The number of aliphatic hydroxyl groups excluding tert-OH is 1. The van der Waals surface area contributed by atoms with Gasteiger partial charge in [-0.15, -0.1) is 13.2 Å². The summed E-state index contributed by atoms with van der Waals surface area (Å²) in [5.74, 6) is -0.304. The molecule has 2 heterocycles. The topological polar surface area (TPSA) is 79.7 Å². The molecule has 8 heteroatoms. The first kappa shape index (κ1) is 18.2. The van der Waals surface area contributed by atoms with Gasteiger partial charge < -0.3 is 14.9 Å². The number of aliphatic hydroxyl groups is 1. The molecule has 0 aliphatic carbocycles. The number of amides is 3. The molecule has 2 aliphatic heterocycles. The molecule has 3 amide bonds. The zero-order valence-electron chi connectivity index (χ0n) is 14.2. The van der Waals surface area contributed by atoms with Crippen LogP contribution >= 0.6 is 0 Å². The summed E-state index contributed by atoms with van der Waals surface area (Å²) < 4.78 is 0. The molecule has 0 aromatic carbocycles. The SMILES string of the molecule is C=CCN(CC=C)C[C@H](O)CN1C=N[C@H]2[C@@H]1C(=O)N(C)C(=O)N2C. The van der Waals surface area contributed by atoms with E-state index in [-0.39, 0.29) is 18.5 Å². The molecule has 1 saturated heterocycles. The Morgan fingerprint density at radius 2 is 1.96 bits per heavy atom. The summed E-state index contributed by atoms with van der Waals surface area (Å²) in [4.78, 5) is 34.9. The molecule has 24 heavy (non-hydrogen) atoms. The van der Waals surface area contributed by atoms with Crippen LogP contribution in [-0.4, -0.2) is 102 Å². The van der Waals surface area contributed by atoms with Crippen LogP contribution in [0.1, 0.15) is 0 Å². The summed E-state index contributed by atoms with van der Waals surface area (Å²) in [5, 5.41) is 10.4. The van der Waals surface area contributed by atoms with Gasteiger partial charge in [0.05, 0.1) is 12.4 Å². The van der Waals surface area contributed by atoms with E-state index in [1.165, 1.54) is 11.9 Å². The molecule has 1 fully saturated rings. The maximum atomic E-state index is 12.4. The van der Waals surface area contributed by atoms with Gasteiger partial charge in [-0.1, -0.05) is 12.2 Å². The van der Waals surface area contributed by atoms with Crippen molar-refractivity contribution in [2.75, 3.05) is 40.3 Å². The Labute approximate surface area is 142 Å². The average molecular weight is 335 g/mol. The second kappa shape index (κ2) is 7.59. The van der Waals surface area contributed by atoms with E-state index in [1.54, 1.807) is 30.4 Å². The summed E-state index contributed by atoms with van der Waals surface area (Å²) in [5.41, 5.74) is 0. The zero-order chi connectivity index (χ0) is 17.9. The van der Waals surface area contributed by atoms with Crippen molar-refractivity contribution < 1.29 is 14.7 Å². The number of β-amino-alcohol motifs (C(OH)–C–C–N with tert-alkyl or cyclic N) is 1. The molecule has 2 aliphatic rings. The summed E-state index contributed by atoms with van der Waals surface area (Å²) in [6.07, 6.45) is 3.88. The third-order valence-corrected chi connectivity index (χ3v) is 4.24. The van der Waals surface area contributed by atoms with Crippen molar-refractivity contribution in [2.24, 2.45) is 4.99 Å². The number of nitrogens with zero attached hydrogens (tertiary/aromatic N) is 5. The fourth-order valence-corrected chi connectivity index (χ4v) is 3.05. The van der Waals surface area contributed by atoms with Crippen molar-refractivity contribution in [3.05, 3.63) is 25.3 Å². The first-order chi connectivity index (χ1) is 11.4. The number of carbonyl (C=O) groups is 2. The Morgan fingerprint density at radius 1 is 1.33 bits per heavy atom. The lowest BCUT2D eigenvalue weighted by Crippen LogP contribution is -2.64. The number of aliphatic imine (C=N–C) groups is 1. The van der Waals surface area contributed by atoms with E-state index in [4.69, 9.17) is 0 Å². The Bertz CT molecular complexity index is 540. The summed E-state index contributed by atoms with van der Waals surface area (Å²) in [6.45, 7) is 9.38. The van der Waals surface area contributed by atoms with Gasteiger partial charge >= 0.3 is 6.03 Å². The van der Waals surface area contributed by atoms with Gasteiger partial charge in [-0.05, 0) is 0 Å². The molecule has 0 aromatic rings. The Balaban J connectivity index is 2.01. The van der Waals surface area contributed by atoms with E-state index in [0.29, 0.717) is 19.6 Å². The van der Waals surface area contributed by atoms with Crippen LogP contribution in [0.2, 0.25) is 0 Å².